The van der Waals surface area contributed by atoms with Crippen LogP contribution in [0.15, 0.2) is 54.9 Å². The van der Waals surface area contributed by atoms with E-state index >= 15 is 0 Å². The van der Waals surface area contributed by atoms with Gasteiger partial charge < -0.3 is 20.1 Å². The summed E-state index contributed by atoms with van der Waals surface area (Å²) in [7, 11) is 0. The fraction of sp³-hybridized carbons (Fsp3) is 0.105. The Balaban J connectivity index is 1.42. The highest BCUT2D eigenvalue weighted by molar-refractivity contribution is 6.04. The molecule has 0 spiro atoms. The van der Waals surface area contributed by atoms with Gasteiger partial charge in [0.25, 0.3) is 5.91 Å². The molecular formula is C19H15FN4O3. The van der Waals surface area contributed by atoms with Gasteiger partial charge in [-0.25, -0.2) is 14.4 Å². The summed E-state index contributed by atoms with van der Waals surface area (Å²) in [4.78, 5) is 20.6. The van der Waals surface area contributed by atoms with E-state index < -0.39 is 0 Å². The third kappa shape index (κ3) is 3.95. The lowest BCUT2D eigenvalue weighted by Gasteiger charge is -2.19. The van der Waals surface area contributed by atoms with Crippen molar-refractivity contribution >= 4 is 23.2 Å². The fourth-order valence-corrected chi connectivity index (χ4v) is 2.50. The van der Waals surface area contributed by atoms with Crippen LogP contribution in [0.25, 0.3) is 0 Å². The number of halogens is 1. The molecule has 0 fully saturated rings. The summed E-state index contributed by atoms with van der Waals surface area (Å²) in [5, 5.41) is 5.70. The zero-order valence-corrected chi connectivity index (χ0v) is 14.1. The number of aromatic nitrogens is 2. The molecule has 7 nitrogen and oxygen atoms in total. The van der Waals surface area contributed by atoms with Crippen LogP contribution in [0.2, 0.25) is 0 Å². The Labute approximate surface area is 154 Å². The molecule has 136 valence electrons. The van der Waals surface area contributed by atoms with Crippen molar-refractivity contribution in [3.05, 3.63) is 66.2 Å². The largest absolute Gasteiger partial charge is 0.486 e. The molecule has 3 aromatic rings. The first-order valence-electron chi connectivity index (χ1n) is 8.23. The molecule has 0 saturated heterocycles. The number of carbonyl (C=O) groups excluding carboxylic acids is 1. The summed E-state index contributed by atoms with van der Waals surface area (Å²) in [6, 6.07) is 11.0. The smallest absolute Gasteiger partial charge is 0.258 e. The van der Waals surface area contributed by atoms with Crippen molar-refractivity contribution in [1.29, 1.82) is 0 Å². The van der Waals surface area contributed by atoms with Crippen LogP contribution in [0.5, 0.6) is 11.5 Å². The number of hydrogen-bond donors (Lipinski definition) is 2. The van der Waals surface area contributed by atoms with Crippen LogP contribution >= 0.6 is 0 Å². The molecule has 0 unspecified atom stereocenters. The second-order valence-corrected chi connectivity index (χ2v) is 5.74. The lowest BCUT2D eigenvalue weighted by molar-refractivity contribution is 0.102. The first-order chi connectivity index (χ1) is 13.2. The molecule has 0 radical (unpaired) electrons. The number of hydrogen-bond acceptors (Lipinski definition) is 6. The molecule has 0 saturated carbocycles. The lowest BCUT2D eigenvalue weighted by atomic mass is 10.2. The number of fused-ring (bicyclic) bond motifs is 1. The molecule has 0 bridgehead atoms. The topological polar surface area (TPSA) is 85.4 Å². The van der Waals surface area contributed by atoms with E-state index in [4.69, 9.17) is 9.47 Å². The second kappa shape index (κ2) is 7.28. The molecule has 8 heteroatoms. The van der Waals surface area contributed by atoms with Crippen LogP contribution < -0.4 is 20.1 Å². The number of amides is 1. The summed E-state index contributed by atoms with van der Waals surface area (Å²) < 4.78 is 23.9. The van der Waals surface area contributed by atoms with E-state index in [0.717, 1.165) is 0 Å². The predicted octanol–water partition coefficient (Wildman–Crippen LogP) is 3.38. The molecule has 2 heterocycles. The summed E-state index contributed by atoms with van der Waals surface area (Å²) >= 11 is 0. The first-order valence-corrected chi connectivity index (χ1v) is 8.23. The van der Waals surface area contributed by atoms with Gasteiger partial charge in [0, 0.05) is 29.8 Å². The Morgan fingerprint density at radius 3 is 2.33 bits per heavy atom. The fourth-order valence-electron chi connectivity index (χ4n) is 2.50. The van der Waals surface area contributed by atoms with Crippen molar-refractivity contribution in [3.8, 4) is 11.5 Å². The second-order valence-electron chi connectivity index (χ2n) is 5.74. The van der Waals surface area contributed by atoms with Crippen molar-refractivity contribution < 1.29 is 18.7 Å². The third-order valence-electron chi connectivity index (χ3n) is 3.81. The first kappa shape index (κ1) is 16.8. The maximum Gasteiger partial charge on any atom is 0.258 e. The van der Waals surface area contributed by atoms with E-state index in [-0.39, 0.29) is 11.7 Å². The van der Waals surface area contributed by atoms with Gasteiger partial charge in [0.1, 0.15) is 19.0 Å². The van der Waals surface area contributed by atoms with Crippen LogP contribution in [0, 0.1) is 5.82 Å². The highest BCUT2D eigenvalue weighted by atomic mass is 19.1. The minimum Gasteiger partial charge on any atom is -0.486 e. The van der Waals surface area contributed by atoms with Crippen LogP contribution in [0.3, 0.4) is 0 Å². The van der Waals surface area contributed by atoms with Gasteiger partial charge in [-0.05, 0) is 36.4 Å². The summed E-state index contributed by atoms with van der Waals surface area (Å²) in [5.41, 5.74) is 1.53. The van der Waals surface area contributed by atoms with E-state index in [2.05, 4.69) is 20.6 Å². The maximum atomic E-state index is 12.9. The van der Waals surface area contributed by atoms with Crippen LogP contribution in [-0.2, 0) is 0 Å². The van der Waals surface area contributed by atoms with Crippen LogP contribution in [0.4, 0.5) is 21.7 Å². The zero-order chi connectivity index (χ0) is 18.6. The van der Waals surface area contributed by atoms with Gasteiger partial charge >= 0.3 is 0 Å². The minimum absolute atomic E-state index is 0.301. The SMILES string of the molecule is O=C(Nc1ccc2c(c1)OCCO2)c1cnc(Nc2ccc(F)cc2)nc1. The van der Waals surface area contributed by atoms with Gasteiger partial charge in [-0.3, -0.25) is 4.79 Å². The zero-order valence-electron chi connectivity index (χ0n) is 14.1. The molecule has 1 aromatic heterocycles. The van der Waals surface area contributed by atoms with E-state index in [1.165, 1.54) is 24.5 Å². The van der Waals surface area contributed by atoms with Crippen molar-refractivity contribution in [2.24, 2.45) is 0 Å². The Morgan fingerprint density at radius 2 is 1.59 bits per heavy atom. The standard InChI is InChI=1S/C19H15FN4O3/c20-13-1-3-14(4-2-13)24-19-21-10-12(11-22-19)18(25)23-15-5-6-16-17(9-15)27-8-7-26-16/h1-6,9-11H,7-8H2,(H,23,25)(H,21,22,24). The average molecular weight is 366 g/mol. The Bertz CT molecular complexity index is 962. The molecule has 1 aliphatic rings. The van der Waals surface area contributed by atoms with E-state index in [1.54, 1.807) is 30.3 Å². The number of benzene rings is 2. The molecule has 27 heavy (non-hydrogen) atoms. The highest BCUT2D eigenvalue weighted by Gasteiger charge is 2.14. The van der Waals surface area contributed by atoms with Gasteiger partial charge in [0.05, 0.1) is 5.56 Å². The number of rotatable bonds is 4. The van der Waals surface area contributed by atoms with Gasteiger partial charge in [-0.2, -0.15) is 0 Å². The summed E-state index contributed by atoms with van der Waals surface area (Å²) in [6.45, 7) is 0.981. The molecule has 2 aromatic carbocycles. The number of nitrogens with one attached hydrogen (secondary N) is 2. The van der Waals surface area contributed by atoms with E-state index in [1.807, 2.05) is 0 Å². The number of ether oxygens (including phenoxy) is 2. The van der Waals surface area contributed by atoms with Crippen molar-refractivity contribution in [3.63, 3.8) is 0 Å². The highest BCUT2D eigenvalue weighted by Crippen LogP contribution is 2.32. The lowest BCUT2D eigenvalue weighted by Crippen LogP contribution is -2.16. The predicted molar refractivity (Wildman–Crippen MR) is 97.1 cm³/mol. The monoisotopic (exact) mass is 366 g/mol. The van der Waals surface area contributed by atoms with E-state index in [0.29, 0.717) is 47.6 Å². The molecule has 0 aliphatic carbocycles. The molecule has 1 amide bonds. The summed E-state index contributed by atoms with van der Waals surface area (Å²) in [6.07, 6.45) is 2.82. The van der Waals surface area contributed by atoms with Crippen molar-refractivity contribution in [1.82, 2.24) is 9.97 Å². The Morgan fingerprint density at radius 1 is 0.926 bits per heavy atom. The molecule has 4 rings (SSSR count). The average Bonchev–Trinajstić information content (AvgIpc) is 2.70. The molecule has 0 atom stereocenters. The minimum atomic E-state index is -0.347. The molecule has 1 aliphatic heterocycles. The van der Waals surface area contributed by atoms with Crippen LogP contribution in [0.1, 0.15) is 10.4 Å². The normalized spacial score (nSPS) is 12.3. The quantitative estimate of drug-likeness (QED) is 0.736. The maximum absolute atomic E-state index is 12.9. The van der Waals surface area contributed by atoms with E-state index in [9.17, 15) is 9.18 Å². The van der Waals surface area contributed by atoms with Crippen molar-refractivity contribution in [2.75, 3.05) is 23.8 Å². The Kier molecular flexibility index (Phi) is 4.52. The Hall–Kier alpha value is -3.68. The number of carbonyl (C=O) groups is 1. The van der Waals surface area contributed by atoms with Gasteiger partial charge in [-0.1, -0.05) is 0 Å². The van der Waals surface area contributed by atoms with Gasteiger partial charge in [0.15, 0.2) is 11.5 Å². The van der Waals surface area contributed by atoms with Gasteiger partial charge in [-0.15, -0.1) is 0 Å². The van der Waals surface area contributed by atoms with Crippen molar-refractivity contribution in [2.45, 2.75) is 0 Å². The number of anilines is 3. The molecule has 2 N–H and O–H groups in total. The number of nitrogens with zero attached hydrogens (tertiary/aromatic N) is 2. The summed E-state index contributed by atoms with van der Waals surface area (Å²) in [5.74, 6) is 0.873. The molecular weight excluding hydrogens is 351 g/mol. The van der Waals surface area contributed by atoms with Gasteiger partial charge in [0.2, 0.25) is 5.95 Å². The van der Waals surface area contributed by atoms with Crippen LogP contribution in [-0.4, -0.2) is 29.1 Å². The third-order valence-corrected chi connectivity index (χ3v) is 3.81.